The Morgan fingerprint density at radius 3 is 1.50 bits per heavy atom. The topological polar surface area (TPSA) is 81.1 Å². The molecule has 0 aromatic rings. The molecule has 108 valence electrons. The molecule has 0 spiro atoms. The van der Waals surface area contributed by atoms with Crippen LogP contribution < -0.4 is 0 Å². The quantitative estimate of drug-likeness (QED) is 0.538. The van der Waals surface area contributed by atoms with Gasteiger partial charge in [0, 0.05) is 0 Å². The molecule has 6 nitrogen and oxygen atoms in total. The van der Waals surface area contributed by atoms with Crippen LogP contribution in [0.4, 0.5) is 0 Å². The molecule has 0 unspecified atom stereocenters. The highest BCUT2D eigenvalue weighted by Crippen LogP contribution is 2.41. The number of β-amino-alcohol motifs (C(OH)–C–C–N with tert-alkyl or cyclic N) is 2. The number of hydrogen-bond acceptors (Lipinski definition) is 8. The first-order chi connectivity index (χ1) is 9.51. The van der Waals surface area contributed by atoms with E-state index in [2.05, 4.69) is 0 Å². The van der Waals surface area contributed by atoms with E-state index in [1.165, 1.54) is 9.80 Å². The van der Waals surface area contributed by atoms with Gasteiger partial charge in [-0.05, 0) is 0 Å². The second-order valence-corrected chi connectivity index (χ2v) is 7.04. The van der Waals surface area contributed by atoms with E-state index in [1.807, 2.05) is 0 Å². The third kappa shape index (κ3) is 2.76. The summed E-state index contributed by atoms with van der Waals surface area (Å²) in [6.07, 6.45) is 0. The zero-order valence-electron chi connectivity index (χ0n) is 10.1. The molecule has 2 rings (SSSR count). The molecule has 2 saturated heterocycles. The summed E-state index contributed by atoms with van der Waals surface area (Å²) in [6.45, 7) is -0.202. The van der Waals surface area contributed by atoms with Crippen molar-refractivity contribution in [1.29, 1.82) is 0 Å². The van der Waals surface area contributed by atoms with Gasteiger partial charge >= 0.3 is 0 Å². The van der Waals surface area contributed by atoms with Crippen LogP contribution in [-0.4, -0.2) is 66.8 Å². The Morgan fingerprint density at radius 2 is 1.20 bits per heavy atom. The van der Waals surface area contributed by atoms with E-state index < -0.39 is 11.8 Å². The van der Waals surface area contributed by atoms with Crippen molar-refractivity contribution in [2.24, 2.45) is 0 Å². The molecule has 2 heterocycles. The van der Waals surface area contributed by atoms with Crippen LogP contribution in [0.15, 0.2) is 9.81 Å². The minimum Gasteiger partial charge on any atom is -0.395 e. The molecule has 20 heavy (non-hydrogen) atoms. The number of thioether (sulfide) groups is 2. The fourth-order valence-corrected chi connectivity index (χ4v) is 4.43. The minimum absolute atomic E-state index is 0.102. The number of amides is 2. The fraction of sp³-hybridized carbons (Fsp3) is 0.400. The minimum atomic E-state index is -0.390. The Kier molecular flexibility index (Phi) is 5.15. The van der Waals surface area contributed by atoms with Gasteiger partial charge in [0.25, 0.3) is 11.8 Å². The maximum absolute atomic E-state index is 12.2. The molecule has 0 aliphatic carbocycles. The van der Waals surface area contributed by atoms with E-state index in [1.54, 1.807) is 0 Å². The van der Waals surface area contributed by atoms with Crippen LogP contribution in [0.2, 0.25) is 0 Å². The van der Waals surface area contributed by atoms with Crippen molar-refractivity contribution in [3.05, 3.63) is 9.81 Å². The smallest absolute Gasteiger partial charge is 0.267 e. The van der Waals surface area contributed by atoms with Gasteiger partial charge in [-0.2, -0.15) is 0 Å². The van der Waals surface area contributed by atoms with Gasteiger partial charge in [-0.25, -0.2) is 0 Å². The summed E-state index contributed by atoms with van der Waals surface area (Å²) in [4.78, 5) is 27.4. The monoisotopic (exact) mass is 350 g/mol. The van der Waals surface area contributed by atoms with Crippen LogP contribution in [0, 0.1) is 0 Å². The molecule has 2 aliphatic rings. The number of hydrogen-bond donors (Lipinski definition) is 2. The molecule has 2 N–H and O–H groups in total. The van der Waals surface area contributed by atoms with Crippen molar-refractivity contribution in [3.63, 3.8) is 0 Å². The van der Waals surface area contributed by atoms with E-state index in [9.17, 15) is 9.59 Å². The van der Waals surface area contributed by atoms with Gasteiger partial charge in [0.2, 0.25) is 0 Å². The first-order valence-corrected chi connectivity index (χ1v) is 7.99. The molecule has 2 fully saturated rings. The molecule has 2 aliphatic heterocycles. The number of aliphatic hydroxyl groups is 2. The van der Waals surface area contributed by atoms with Crippen LogP contribution in [0.5, 0.6) is 0 Å². The van der Waals surface area contributed by atoms with Crippen molar-refractivity contribution < 1.29 is 19.8 Å². The summed E-state index contributed by atoms with van der Waals surface area (Å²) in [6, 6.07) is 0. The van der Waals surface area contributed by atoms with Crippen molar-refractivity contribution in [1.82, 2.24) is 9.80 Å². The molecule has 0 saturated carbocycles. The van der Waals surface area contributed by atoms with Gasteiger partial charge < -0.3 is 10.2 Å². The highest BCUT2D eigenvalue weighted by Gasteiger charge is 2.41. The van der Waals surface area contributed by atoms with Crippen molar-refractivity contribution >= 4 is 68.4 Å². The molecule has 0 aromatic heterocycles. The van der Waals surface area contributed by atoms with Crippen LogP contribution in [0.1, 0.15) is 0 Å². The van der Waals surface area contributed by atoms with Gasteiger partial charge in [0.05, 0.1) is 36.1 Å². The van der Waals surface area contributed by atoms with Gasteiger partial charge in [-0.1, -0.05) is 48.0 Å². The van der Waals surface area contributed by atoms with E-state index in [0.29, 0.717) is 8.64 Å². The summed E-state index contributed by atoms with van der Waals surface area (Å²) in [5.74, 6) is -0.780. The number of thiocarbonyl (C=S) groups is 2. The Hall–Kier alpha value is -0.520. The number of carbonyl (C=O) groups excluding carboxylic acids is 2. The first-order valence-electron chi connectivity index (χ1n) is 5.54. The van der Waals surface area contributed by atoms with Gasteiger partial charge in [0.1, 0.15) is 8.64 Å². The number of nitrogens with zero attached hydrogens (tertiary/aromatic N) is 2. The molecule has 0 bridgehead atoms. The van der Waals surface area contributed by atoms with Gasteiger partial charge in [0.15, 0.2) is 0 Å². The summed E-state index contributed by atoms with van der Waals surface area (Å²) < 4.78 is 0.623. The molecule has 10 heteroatoms. The SMILES string of the molecule is O=C1C(=C2SC(=S)N(CCO)C2=O)SC(=S)N1CCO. The average molecular weight is 350 g/mol. The lowest BCUT2D eigenvalue weighted by molar-refractivity contribution is -0.124. The standard InChI is InChI=1S/C10H10N2O4S4/c13-3-1-11-7(15)5(19-9(11)17)6-8(16)12(2-4-14)10(18)20-6/h13-14H,1-4H2. The van der Waals surface area contributed by atoms with Crippen LogP contribution in [0.25, 0.3) is 0 Å². The van der Waals surface area contributed by atoms with Crippen molar-refractivity contribution in [2.75, 3.05) is 26.3 Å². The largest absolute Gasteiger partial charge is 0.395 e. The summed E-state index contributed by atoms with van der Waals surface area (Å²) >= 11 is 12.2. The molecule has 0 atom stereocenters. The van der Waals surface area contributed by atoms with Gasteiger partial charge in [-0.15, -0.1) is 0 Å². The molecule has 0 radical (unpaired) electrons. The maximum Gasteiger partial charge on any atom is 0.267 e. The van der Waals surface area contributed by atoms with E-state index in [4.69, 9.17) is 34.6 Å². The summed E-state index contributed by atoms with van der Waals surface area (Å²) in [5, 5.41) is 17.8. The highest BCUT2D eigenvalue weighted by molar-refractivity contribution is 8.29. The first kappa shape index (κ1) is 15.9. The zero-order valence-corrected chi connectivity index (χ0v) is 13.3. The summed E-state index contributed by atoms with van der Waals surface area (Å²) in [7, 11) is 0. The van der Waals surface area contributed by atoms with Gasteiger partial charge in [-0.3, -0.25) is 19.4 Å². The third-order valence-corrected chi connectivity index (χ3v) is 5.58. The van der Waals surface area contributed by atoms with Crippen molar-refractivity contribution in [3.8, 4) is 0 Å². The molecule has 2 amide bonds. The predicted molar refractivity (Wildman–Crippen MR) is 85.0 cm³/mol. The van der Waals surface area contributed by atoms with Crippen LogP contribution in [0.3, 0.4) is 0 Å². The number of rotatable bonds is 4. The lowest BCUT2D eigenvalue weighted by atomic mass is 10.4. The lowest BCUT2D eigenvalue weighted by Crippen LogP contribution is -2.32. The van der Waals surface area contributed by atoms with E-state index in [0.717, 1.165) is 23.5 Å². The normalized spacial score (nSPS) is 23.5. The Labute approximate surface area is 134 Å². The third-order valence-electron chi connectivity index (χ3n) is 2.55. The number of carbonyl (C=O) groups is 2. The van der Waals surface area contributed by atoms with E-state index >= 15 is 0 Å². The zero-order chi connectivity index (χ0) is 14.9. The van der Waals surface area contributed by atoms with E-state index in [-0.39, 0.29) is 36.1 Å². The highest BCUT2D eigenvalue weighted by atomic mass is 32.2. The maximum atomic E-state index is 12.2. The second kappa shape index (κ2) is 6.50. The van der Waals surface area contributed by atoms with Crippen LogP contribution in [-0.2, 0) is 9.59 Å². The average Bonchev–Trinajstić information content (AvgIpc) is 2.84. The van der Waals surface area contributed by atoms with Crippen LogP contribution >= 0.6 is 48.0 Å². The second-order valence-electron chi connectivity index (χ2n) is 3.75. The fourth-order valence-electron chi connectivity index (χ4n) is 1.66. The summed E-state index contributed by atoms with van der Waals surface area (Å²) in [5.41, 5.74) is 0. The van der Waals surface area contributed by atoms with Crippen molar-refractivity contribution in [2.45, 2.75) is 0 Å². The predicted octanol–water partition coefficient (Wildman–Crippen LogP) is -0.0968. The lowest BCUT2D eigenvalue weighted by Gasteiger charge is -2.12. The Bertz CT molecular complexity index is 487. The molecule has 0 aromatic carbocycles. The molecular formula is C10H10N2O4S4. The number of aliphatic hydroxyl groups excluding tert-OH is 2. The Balaban J connectivity index is 2.31. The molecular weight excluding hydrogens is 340 g/mol. The Morgan fingerprint density at radius 1 is 0.850 bits per heavy atom.